The number of amides is 2. The Labute approximate surface area is 224 Å². The topological polar surface area (TPSA) is 115 Å². The van der Waals surface area contributed by atoms with Crippen LogP contribution < -0.4 is 10.6 Å². The largest absolute Gasteiger partial charge is 0.445 e. The first-order chi connectivity index (χ1) is 18.5. The number of fused-ring (bicyclic) bond motifs is 1. The van der Waals surface area contributed by atoms with Gasteiger partial charge in [0.1, 0.15) is 24.2 Å². The molecule has 4 aromatic rings. The van der Waals surface area contributed by atoms with Gasteiger partial charge in [-0.2, -0.15) is 16.4 Å². The Hall–Kier alpha value is -4.18. The fourth-order valence-electron chi connectivity index (χ4n) is 3.91. The minimum atomic E-state index is -0.960. The molecule has 1 heterocycles. The van der Waals surface area contributed by atoms with Crippen molar-refractivity contribution in [3.05, 3.63) is 96.1 Å². The van der Waals surface area contributed by atoms with Gasteiger partial charge in [-0.15, -0.1) is 5.10 Å². The van der Waals surface area contributed by atoms with Crippen LogP contribution in [0.3, 0.4) is 0 Å². The normalized spacial score (nSPS) is 12.4. The lowest BCUT2D eigenvalue weighted by Crippen LogP contribution is -2.53. The molecule has 1 aromatic heterocycles. The van der Waals surface area contributed by atoms with Crippen molar-refractivity contribution in [1.82, 2.24) is 25.6 Å². The van der Waals surface area contributed by atoms with Crippen LogP contribution in [0.2, 0.25) is 0 Å². The molecule has 0 saturated carbocycles. The molecule has 9 nitrogen and oxygen atoms in total. The summed E-state index contributed by atoms with van der Waals surface area (Å²) in [5.74, 6) is -0.250. The van der Waals surface area contributed by atoms with E-state index < -0.39 is 30.0 Å². The van der Waals surface area contributed by atoms with E-state index in [2.05, 4.69) is 20.9 Å². The van der Waals surface area contributed by atoms with Crippen molar-refractivity contribution >= 4 is 40.7 Å². The van der Waals surface area contributed by atoms with Gasteiger partial charge >= 0.3 is 6.09 Å². The highest BCUT2D eigenvalue weighted by molar-refractivity contribution is 7.98. The minimum absolute atomic E-state index is 0.0700. The highest BCUT2D eigenvalue weighted by Gasteiger charge is 2.29. The molecule has 0 unspecified atom stereocenters. The minimum Gasteiger partial charge on any atom is -0.445 e. The van der Waals surface area contributed by atoms with E-state index in [-0.39, 0.29) is 13.0 Å². The van der Waals surface area contributed by atoms with Crippen molar-refractivity contribution in [3.63, 3.8) is 0 Å². The van der Waals surface area contributed by atoms with Crippen LogP contribution in [-0.2, 0) is 22.6 Å². The van der Waals surface area contributed by atoms with Crippen molar-refractivity contribution < 1.29 is 19.1 Å². The van der Waals surface area contributed by atoms with E-state index in [0.717, 1.165) is 11.1 Å². The lowest BCUT2D eigenvalue weighted by Gasteiger charge is -2.22. The van der Waals surface area contributed by atoms with E-state index in [0.29, 0.717) is 23.2 Å². The molecule has 0 aliphatic rings. The number of nitrogens with one attached hydrogen (secondary N) is 2. The lowest BCUT2D eigenvalue weighted by molar-refractivity contribution is -0.123. The number of alkyl carbamates (subject to hydrolysis) is 1. The number of rotatable bonds is 11. The summed E-state index contributed by atoms with van der Waals surface area (Å²) in [6.07, 6.45) is 1.81. The summed E-state index contributed by atoms with van der Waals surface area (Å²) in [5.41, 5.74) is 2.82. The number of hydrogen-bond donors (Lipinski definition) is 2. The SMILES string of the molecule is CSCC[C@H](NC(=O)[C@H](Cc1ccccc1)NC(=O)OCc1ccccc1)C(=O)n1nnc2ccccc21. The monoisotopic (exact) mass is 531 g/mol. The van der Waals surface area contributed by atoms with Crippen LogP contribution in [0.1, 0.15) is 22.3 Å². The van der Waals surface area contributed by atoms with Gasteiger partial charge in [0.05, 0.1) is 5.52 Å². The third kappa shape index (κ3) is 7.19. The maximum atomic E-state index is 13.5. The van der Waals surface area contributed by atoms with Crippen LogP contribution in [0.15, 0.2) is 84.9 Å². The molecule has 0 fully saturated rings. The Morgan fingerprint density at radius 2 is 1.53 bits per heavy atom. The predicted octanol–water partition coefficient (Wildman–Crippen LogP) is 3.85. The van der Waals surface area contributed by atoms with Gasteiger partial charge in [0.25, 0.3) is 5.91 Å². The average Bonchev–Trinajstić information content (AvgIpc) is 3.38. The van der Waals surface area contributed by atoms with Crippen molar-refractivity contribution in [2.75, 3.05) is 12.0 Å². The zero-order valence-corrected chi connectivity index (χ0v) is 21.8. The Morgan fingerprint density at radius 1 is 0.868 bits per heavy atom. The second-order valence-corrected chi connectivity index (χ2v) is 9.60. The molecule has 0 aliphatic carbocycles. The van der Waals surface area contributed by atoms with E-state index in [1.807, 2.05) is 73.0 Å². The zero-order chi connectivity index (χ0) is 26.7. The van der Waals surface area contributed by atoms with Crippen molar-refractivity contribution in [1.29, 1.82) is 0 Å². The summed E-state index contributed by atoms with van der Waals surface area (Å²) in [6.45, 7) is 0.0700. The Balaban J connectivity index is 1.50. The summed E-state index contributed by atoms with van der Waals surface area (Å²) in [6, 6.07) is 23.9. The van der Waals surface area contributed by atoms with Crippen molar-refractivity contribution in [3.8, 4) is 0 Å². The molecule has 2 N–H and O–H groups in total. The number of hydrogen-bond acceptors (Lipinski definition) is 7. The van der Waals surface area contributed by atoms with Crippen molar-refractivity contribution in [2.45, 2.75) is 31.5 Å². The third-order valence-corrected chi connectivity index (χ3v) is 6.53. The van der Waals surface area contributed by atoms with Gasteiger partial charge in [0.15, 0.2) is 0 Å². The van der Waals surface area contributed by atoms with Crippen LogP contribution in [-0.4, -0.2) is 57.0 Å². The van der Waals surface area contributed by atoms with Crippen molar-refractivity contribution in [2.24, 2.45) is 0 Å². The number of carbonyl (C=O) groups excluding carboxylic acids is 3. The second kappa shape index (κ2) is 13.4. The number of thioether (sulfide) groups is 1. The number of nitrogens with zero attached hydrogens (tertiary/aromatic N) is 3. The molecule has 0 saturated heterocycles. The molecule has 0 radical (unpaired) electrons. The number of carbonyl (C=O) groups is 3. The van der Waals surface area contributed by atoms with Crippen LogP contribution in [0.5, 0.6) is 0 Å². The molecule has 38 heavy (non-hydrogen) atoms. The standard InChI is InChI=1S/C28H29N5O4S/c1-38-17-16-23(27(35)33-25-15-9-8-14-22(25)31-32-33)29-26(34)24(18-20-10-4-2-5-11-20)30-28(36)37-19-21-12-6-3-7-13-21/h2-15,23-24H,16-19H2,1H3,(H,29,34)(H,30,36)/t23-,24-/m0/s1. The summed E-state index contributed by atoms with van der Waals surface area (Å²) in [5, 5.41) is 13.6. The maximum Gasteiger partial charge on any atom is 0.408 e. The molecule has 196 valence electrons. The van der Waals surface area contributed by atoms with Gasteiger partial charge in [-0.05, 0) is 41.7 Å². The molecular weight excluding hydrogens is 502 g/mol. The first-order valence-electron chi connectivity index (χ1n) is 12.2. The van der Waals surface area contributed by atoms with Crippen LogP contribution in [0.25, 0.3) is 11.0 Å². The number of para-hydroxylation sites is 1. The van der Waals surface area contributed by atoms with E-state index in [4.69, 9.17) is 4.74 Å². The van der Waals surface area contributed by atoms with Gasteiger partial charge in [-0.1, -0.05) is 78.0 Å². The molecule has 2 atom stereocenters. The van der Waals surface area contributed by atoms with Gasteiger partial charge in [-0.25, -0.2) is 4.79 Å². The predicted molar refractivity (Wildman–Crippen MR) is 147 cm³/mol. The Morgan fingerprint density at radius 3 is 2.24 bits per heavy atom. The van der Waals surface area contributed by atoms with Crippen LogP contribution in [0.4, 0.5) is 4.79 Å². The molecular formula is C28H29N5O4S. The Kier molecular flexibility index (Phi) is 9.47. The molecule has 0 aliphatic heterocycles. The smallest absolute Gasteiger partial charge is 0.408 e. The quantitative estimate of drug-likeness (QED) is 0.302. The van der Waals surface area contributed by atoms with E-state index >= 15 is 0 Å². The van der Waals surface area contributed by atoms with Gasteiger partial charge < -0.3 is 15.4 Å². The second-order valence-electron chi connectivity index (χ2n) is 8.62. The van der Waals surface area contributed by atoms with E-state index in [1.165, 1.54) is 4.68 Å². The fourth-order valence-corrected chi connectivity index (χ4v) is 4.38. The van der Waals surface area contributed by atoms with E-state index in [1.54, 1.807) is 30.0 Å². The van der Waals surface area contributed by atoms with Crippen LogP contribution >= 0.6 is 11.8 Å². The van der Waals surface area contributed by atoms with Crippen LogP contribution in [0, 0.1) is 0 Å². The first kappa shape index (κ1) is 26.9. The molecule has 2 amide bonds. The fraction of sp³-hybridized carbons (Fsp3) is 0.250. The Bertz CT molecular complexity index is 1360. The van der Waals surface area contributed by atoms with Gasteiger partial charge in [0, 0.05) is 6.42 Å². The summed E-state index contributed by atoms with van der Waals surface area (Å²) in [7, 11) is 0. The molecule has 0 spiro atoms. The molecule has 3 aromatic carbocycles. The summed E-state index contributed by atoms with van der Waals surface area (Å²) < 4.78 is 6.56. The molecule has 0 bridgehead atoms. The third-order valence-electron chi connectivity index (χ3n) is 5.89. The van der Waals surface area contributed by atoms with E-state index in [9.17, 15) is 14.4 Å². The number of aromatic nitrogens is 3. The highest BCUT2D eigenvalue weighted by Crippen LogP contribution is 2.13. The molecule has 10 heteroatoms. The number of ether oxygens (including phenoxy) is 1. The average molecular weight is 532 g/mol. The summed E-state index contributed by atoms with van der Waals surface area (Å²) >= 11 is 1.56. The lowest BCUT2D eigenvalue weighted by atomic mass is 10.0. The number of benzene rings is 3. The highest BCUT2D eigenvalue weighted by atomic mass is 32.2. The zero-order valence-electron chi connectivity index (χ0n) is 20.9. The summed E-state index contributed by atoms with van der Waals surface area (Å²) in [4.78, 5) is 39.6. The maximum absolute atomic E-state index is 13.5. The van der Waals surface area contributed by atoms with Gasteiger partial charge in [0.2, 0.25) is 5.91 Å². The first-order valence-corrected chi connectivity index (χ1v) is 13.6. The van der Waals surface area contributed by atoms with Gasteiger partial charge in [-0.3, -0.25) is 9.59 Å². The molecule has 4 rings (SSSR count).